The topological polar surface area (TPSA) is 77.8 Å². The number of hydrogen-bond donors (Lipinski definition) is 1. The van der Waals surface area contributed by atoms with Crippen LogP contribution in [0.2, 0.25) is 5.02 Å². The molecule has 10 heteroatoms. The highest BCUT2D eigenvalue weighted by atomic mass is 35.5. The van der Waals surface area contributed by atoms with Gasteiger partial charge < -0.3 is 19.2 Å². The van der Waals surface area contributed by atoms with Crippen molar-refractivity contribution >= 4 is 44.9 Å². The number of amides is 1. The average molecular weight is 540 g/mol. The molecule has 0 aliphatic carbocycles. The molecule has 5 rings (SSSR count). The summed E-state index contributed by atoms with van der Waals surface area (Å²) in [6.45, 7) is -0.447. The third-order valence-electron chi connectivity index (χ3n) is 5.50. The minimum Gasteiger partial charge on any atom is -0.484 e. The number of carbonyl (C=O) groups excluding carboxylic acids is 1. The summed E-state index contributed by atoms with van der Waals surface area (Å²) in [5.41, 5.74) is -0.928. The van der Waals surface area contributed by atoms with Crippen LogP contribution in [0.15, 0.2) is 94.1 Å². The van der Waals surface area contributed by atoms with Gasteiger partial charge in [-0.05, 0) is 53.2 Å². The van der Waals surface area contributed by atoms with Gasteiger partial charge in [-0.25, -0.2) is 0 Å². The fourth-order valence-corrected chi connectivity index (χ4v) is 3.98. The number of nitrogens with one attached hydrogen (secondary N) is 1. The lowest BCUT2D eigenvalue weighted by molar-refractivity contribution is -0.154. The summed E-state index contributed by atoms with van der Waals surface area (Å²) in [5, 5.41) is 4.45. The van der Waals surface area contributed by atoms with E-state index in [0.717, 1.165) is 16.8 Å². The van der Waals surface area contributed by atoms with Gasteiger partial charge in [0.1, 0.15) is 17.1 Å². The normalized spacial score (nSPS) is 11.5. The van der Waals surface area contributed by atoms with E-state index in [1.165, 1.54) is 24.3 Å². The summed E-state index contributed by atoms with van der Waals surface area (Å²) in [4.78, 5) is 25.3. The van der Waals surface area contributed by atoms with Gasteiger partial charge in [-0.2, -0.15) is 13.2 Å². The zero-order valence-corrected chi connectivity index (χ0v) is 20.1. The Kier molecular flexibility index (Phi) is 6.69. The second-order valence-corrected chi connectivity index (χ2v) is 8.64. The van der Waals surface area contributed by atoms with Crippen LogP contribution in [-0.2, 0) is 11.0 Å². The quantitative estimate of drug-likeness (QED) is 0.243. The SMILES string of the molecule is O=C(COc1ccc2c(=O)c(Oc3ccc4ccccc4c3)c(C(F)(F)F)oc2c1)Nc1cccc(Cl)c1. The van der Waals surface area contributed by atoms with Gasteiger partial charge in [0, 0.05) is 16.8 Å². The zero-order valence-electron chi connectivity index (χ0n) is 19.3. The first-order valence-corrected chi connectivity index (χ1v) is 11.6. The minimum atomic E-state index is -5.02. The molecule has 0 saturated carbocycles. The van der Waals surface area contributed by atoms with Crippen molar-refractivity contribution < 1.29 is 31.9 Å². The highest BCUT2D eigenvalue weighted by Gasteiger charge is 2.40. The summed E-state index contributed by atoms with van der Waals surface area (Å²) in [7, 11) is 0. The largest absolute Gasteiger partial charge is 0.484 e. The monoisotopic (exact) mass is 539 g/mol. The first kappa shape index (κ1) is 25.2. The number of halogens is 4. The van der Waals surface area contributed by atoms with Crippen molar-refractivity contribution in [3.05, 3.63) is 106 Å². The molecule has 6 nitrogen and oxygen atoms in total. The molecule has 0 fully saturated rings. The Morgan fingerprint density at radius 3 is 2.42 bits per heavy atom. The van der Waals surface area contributed by atoms with Crippen LogP contribution in [0.25, 0.3) is 21.7 Å². The lowest BCUT2D eigenvalue weighted by Gasteiger charge is -2.14. The molecule has 38 heavy (non-hydrogen) atoms. The summed E-state index contributed by atoms with van der Waals surface area (Å²) in [5.74, 6) is -3.01. The molecule has 1 heterocycles. The van der Waals surface area contributed by atoms with Crippen LogP contribution in [-0.4, -0.2) is 12.5 Å². The molecular formula is C28H17ClF3NO5. The number of benzene rings is 4. The van der Waals surface area contributed by atoms with E-state index in [1.807, 2.05) is 12.1 Å². The molecule has 1 aromatic heterocycles. The zero-order chi connectivity index (χ0) is 26.9. The van der Waals surface area contributed by atoms with E-state index >= 15 is 0 Å². The first-order valence-electron chi connectivity index (χ1n) is 11.2. The summed E-state index contributed by atoms with van der Waals surface area (Å²) in [6.07, 6.45) is -5.02. The molecule has 0 saturated heterocycles. The lowest BCUT2D eigenvalue weighted by atomic mass is 10.1. The molecule has 0 radical (unpaired) electrons. The highest BCUT2D eigenvalue weighted by molar-refractivity contribution is 6.30. The molecule has 1 N–H and O–H groups in total. The number of hydrogen-bond acceptors (Lipinski definition) is 5. The van der Waals surface area contributed by atoms with E-state index in [1.54, 1.807) is 42.5 Å². The minimum absolute atomic E-state index is 0.0261. The predicted octanol–water partition coefficient (Wildman–Crippen LogP) is 7.43. The van der Waals surface area contributed by atoms with Gasteiger partial charge in [0.15, 0.2) is 6.61 Å². The smallest absolute Gasteiger partial charge is 0.453 e. The molecule has 0 bridgehead atoms. The van der Waals surface area contributed by atoms with Crippen molar-refractivity contribution in [2.24, 2.45) is 0 Å². The molecule has 0 unspecified atom stereocenters. The summed E-state index contributed by atoms with van der Waals surface area (Å²) >= 11 is 5.89. The standard InChI is InChI=1S/C28H17ClF3NO5/c29-18-6-3-7-19(13-18)33-24(34)15-36-20-10-11-22-23(14-20)38-27(28(30,31)32)26(25(22)35)37-21-9-8-16-4-1-2-5-17(16)12-21/h1-14H,15H2,(H,33,34). The maximum atomic E-state index is 13.9. The van der Waals surface area contributed by atoms with E-state index in [-0.39, 0.29) is 22.5 Å². The number of anilines is 1. The number of fused-ring (bicyclic) bond motifs is 2. The summed E-state index contributed by atoms with van der Waals surface area (Å²) in [6, 6.07) is 22.1. The molecular weight excluding hydrogens is 523 g/mol. The Labute approximate surface area is 218 Å². The van der Waals surface area contributed by atoms with Crippen molar-refractivity contribution in [2.45, 2.75) is 6.18 Å². The maximum Gasteiger partial charge on any atom is 0.453 e. The highest BCUT2D eigenvalue weighted by Crippen LogP contribution is 2.39. The maximum absolute atomic E-state index is 13.9. The molecule has 0 atom stereocenters. The van der Waals surface area contributed by atoms with Crippen LogP contribution >= 0.6 is 11.6 Å². The molecule has 0 aliphatic heterocycles. The fraction of sp³-hybridized carbons (Fsp3) is 0.0714. The van der Waals surface area contributed by atoms with Crippen LogP contribution in [0, 0.1) is 0 Å². The average Bonchev–Trinajstić information content (AvgIpc) is 2.88. The third-order valence-corrected chi connectivity index (χ3v) is 5.73. The molecule has 1 amide bonds. The second-order valence-electron chi connectivity index (χ2n) is 8.20. The first-order chi connectivity index (χ1) is 18.2. The third kappa shape index (κ3) is 5.42. The van der Waals surface area contributed by atoms with Crippen LogP contribution in [0.4, 0.5) is 18.9 Å². The van der Waals surface area contributed by atoms with Gasteiger partial charge in [0.2, 0.25) is 11.2 Å². The van der Waals surface area contributed by atoms with Crippen molar-refractivity contribution in [1.29, 1.82) is 0 Å². The lowest BCUT2D eigenvalue weighted by Crippen LogP contribution is -2.20. The van der Waals surface area contributed by atoms with E-state index in [2.05, 4.69) is 5.32 Å². The number of carbonyl (C=O) groups is 1. The van der Waals surface area contributed by atoms with Crippen molar-refractivity contribution in [3.63, 3.8) is 0 Å². The Morgan fingerprint density at radius 1 is 0.895 bits per heavy atom. The van der Waals surface area contributed by atoms with E-state index in [0.29, 0.717) is 10.7 Å². The van der Waals surface area contributed by atoms with Gasteiger partial charge in [-0.1, -0.05) is 48.0 Å². The van der Waals surface area contributed by atoms with Crippen molar-refractivity contribution in [1.82, 2.24) is 0 Å². The fourth-order valence-electron chi connectivity index (χ4n) is 3.79. The van der Waals surface area contributed by atoms with Crippen LogP contribution in [0.1, 0.15) is 5.76 Å². The Hall–Kier alpha value is -4.50. The molecule has 0 spiro atoms. The van der Waals surface area contributed by atoms with E-state index in [4.69, 9.17) is 25.5 Å². The summed E-state index contributed by atoms with van der Waals surface area (Å²) < 4.78 is 57.6. The van der Waals surface area contributed by atoms with Crippen LogP contribution < -0.4 is 20.2 Å². The van der Waals surface area contributed by atoms with Gasteiger partial charge in [0.05, 0.1) is 5.39 Å². The number of rotatable bonds is 6. The Morgan fingerprint density at radius 2 is 1.66 bits per heavy atom. The van der Waals surface area contributed by atoms with Gasteiger partial charge in [0.25, 0.3) is 11.7 Å². The number of alkyl halides is 3. The van der Waals surface area contributed by atoms with Crippen LogP contribution in [0.5, 0.6) is 17.2 Å². The van der Waals surface area contributed by atoms with Gasteiger partial charge in [-0.3, -0.25) is 9.59 Å². The van der Waals surface area contributed by atoms with Gasteiger partial charge >= 0.3 is 6.18 Å². The number of ether oxygens (including phenoxy) is 2. The molecule has 192 valence electrons. The van der Waals surface area contributed by atoms with E-state index in [9.17, 15) is 22.8 Å². The Bertz CT molecular complexity index is 1730. The van der Waals surface area contributed by atoms with Crippen molar-refractivity contribution in [3.8, 4) is 17.2 Å². The second kappa shape index (κ2) is 10.1. The molecule has 5 aromatic rings. The van der Waals surface area contributed by atoms with Gasteiger partial charge in [-0.15, -0.1) is 0 Å². The van der Waals surface area contributed by atoms with Crippen molar-refractivity contribution in [2.75, 3.05) is 11.9 Å². The Balaban J connectivity index is 1.43. The van der Waals surface area contributed by atoms with E-state index < -0.39 is 35.6 Å². The predicted molar refractivity (Wildman–Crippen MR) is 137 cm³/mol. The molecule has 0 aliphatic rings. The molecule has 4 aromatic carbocycles. The van der Waals surface area contributed by atoms with Crippen LogP contribution in [0.3, 0.4) is 0 Å².